The number of nitrogens with one attached hydrogen (secondary N) is 2. The largest absolute Gasteiger partial charge is 0.348 e. The van der Waals surface area contributed by atoms with E-state index in [1.807, 2.05) is 61.2 Å². The molecule has 0 atom stereocenters. The number of anilines is 2. The Balaban J connectivity index is 1.52. The van der Waals surface area contributed by atoms with Gasteiger partial charge in [0.2, 0.25) is 5.91 Å². The monoisotopic (exact) mass is 407 g/mol. The Morgan fingerprint density at radius 3 is 2.53 bits per heavy atom. The molecule has 2 aromatic carbocycles. The van der Waals surface area contributed by atoms with Crippen molar-refractivity contribution in [3.63, 3.8) is 0 Å². The summed E-state index contributed by atoms with van der Waals surface area (Å²) in [6.07, 6.45) is 3.33. The molecule has 6 heteroatoms. The summed E-state index contributed by atoms with van der Waals surface area (Å²) in [7, 11) is 0. The maximum Gasteiger partial charge on any atom is 0.313 e. The molecular formula is C24H29N3O3. The van der Waals surface area contributed by atoms with Crippen molar-refractivity contribution in [2.75, 3.05) is 23.3 Å². The van der Waals surface area contributed by atoms with Crippen molar-refractivity contribution in [2.45, 2.75) is 39.5 Å². The average Bonchev–Trinajstić information content (AvgIpc) is 2.76. The minimum absolute atomic E-state index is 0.0686. The Morgan fingerprint density at radius 2 is 1.80 bits per heavy atom. The van der Waals surface area contributed by atoms with Gasteiger partial charge >= 0.3 is 11.8 Å². The van der Waals surface area contributed by atoms with Crippen LogP contribution in [0.3, 0.4) is 0 Å². The number of carbonyl (C=O) groups is 3. The smallest absolute Gasteiger partial charge is 0.313 e. The molecule has 0 aromatic heterocycles. The van der Waals surface area contributed by atoms with E-state index in [0.717, 1.165) is 36.9 Å². The molecule has 0 spiro atoms. The lowest BCUT2D eigenvalue weighted by atomic mass is 9.99. The second-order valence-corrected chi connectivity index (χ2v) is 7.89. The van der Waals surface area contributed by atoms with Crippen LogP contribution in [0, 0.1) is 5.92 Å². The summed E-state index contributed by atoms with van der Waals surface area (Å²) < 4.78 is 0. The summed E-state index contributed by atoms with van der Waals surface area (Å²) in [5.74, 6) is -1.29. The van der Waals surface area contributed by atoms with Crippen molar-refractivity contribution in [1.82, 2.24) is 5.32 Å². The predicted octanol–water partition coefficient (Wildman–Crippen LogP) is 3.31. The van der Waals surface area contributed by atoms with E-state index in [0.29, 0.717) is 18.8 Å². The summed E-state index contributed by atoms with van der Waals surface area (Å²) in [6.45, 7) is 4.94. The van der Waals surface area contributed by atoms with E-state index < -0.39 is 11.8 Å². The maximum atomic E-state index is 12.4. The fourth-order valence-electron chi connectivity index (χ4n) is 3.62. The van der Waals surface area contributed by atoms with E-state index in [2.05, 4.69) is 10.6 Å². The van der Waals surface area contributed by atoms with Gasteiger partial charge in [0.1, 0.15) is 0 Å². The highest BCUT2D eigenvalue weighted by molar-refractivity contribution is 6.39. The molecule has 0 fully saturated rings. The third-order valence-corrected chi connectivity index (χ3v) is 5.19. The van der Waals surface area contributed by atoms with Crippen LogP contribution in [0.1, 0.15) is 37.8 Å². The van der Waals surface area contributed by atoms with Gasteiger partial charge in [-0.2, -0.15) is 0 Å². The van der Waals surface area contributed by atoms with Gasteiger partial charge in [0.15, 0.2) is 0 Å². The fraction of sp³-hybridized carbons (Fsp3) is 0.375. The molecule has 3 amide bonds. The molecule has 1 aliphatic rings. The van der Waals surface area contributed by atoms with Gasteiger partial charge < -0.3 is 15.5 Å². The molecule has 2 N–H and O–H groups in total. The molecule has 0 unspecified atom stereocenters. The van der Waals surface area contributed by atoms with Gasteiger partial charge in [-0.05, 0) is 55.0 Å². The van der Waals surface area contributed by atoms with Crippen LogP contribution >= 0.6 is 0 Å². The normalized spacial score (nSPS) is 13.0. The molecule has 0 aliphatic carbocycles. The minimum Gasteiger partial charge on any atom is -0.348 e. The number of hydrogen-bond acceptors (Lipinski definition) is 3. The maximum absolute atomic E-state index is 12.4. The van der Waals surface area contributed by atoms with E-state index in [4.69, 9.17) is 0 Å². The van der Waals surface area contributed by atoms with Gasteiger partial charge in [-0.25, -0.2) is 0 Å². The highest BCUT2D eigenvalue weighted by Crippen LogP contribution is 2.30. The second kappa shape index (κ2) is 10.1. The summed E-state index contributed by atoms with van der Waals surface area (Å²) in [4.78, 5) is 38.6. The number of aryl methyl sites for hydroxylation is 2. The third kappa shape index (κ3) is 5.47. The molecule has 0 saturated heterocycles. The van der Waals surface area contributed by atoms with Gasteiger partial charge in [-0.15, -0.1) is 0 Å². The second-order valence-electron chi connectivity index (χ2n) is 7.89. The van der Waals surface area contributed by atoms with Crippen LogP contribution in [0.15, 0.2) is 48.5 Å². The molecule has 2 aromatic rings. The molecule has 6 nitrogen and oxygen atoms in total. The van der Waals surface area contributed by atoms with Crippen molar-refractivity contribution < 1.29 is 14.4 Å². The molecule has 30 heavy (non-hydrogen) atoms. The quantitative estimate of drug-likeness (QED) is 0.570. The number of carbonyl (C=O) groups excluding carboxylic acids is 3. The van der Waals surface area contributed by atoms with Crippen LogP contribution in [0.2, 0.25) is 0 Å². The Kier molecular flexibility index (Phi) is 7.22. The number of hydrogen-bond donors (Lipinski definition) is 2. The van der Waals surface area contributed by atoms with Crippen LogP contribution in [0.5, 0.6) is 0 Å². The summed E-state index contributed by atoms with van der Waals surface area (Å²) in [6, 6.07) is 15.5. The van der Waals surface area contributed by atoms with E-state index in [9.17, 15) is 14.4 Å². The predicted molar refractivity (Wildman–Crippen MR) is 118 cm³/mol. The summed E-state index contributed by atoms with van der Waals surface area (Å²) in [5.41, 5.74) is 3.67. The molecule has 3 rings (SSSR count). The standard InChI is InChI=1S/C24H29N3O3/c1-17(2)24(30)27-15-7-11-19-16-20(12-13-21(19)27)26-23(29)22(28)25-14-6-10-18-8-4-3-5-9-18/h3-5,8-9,12-13,16-17H,6-7,10-11,14-15H2,1-2H3,(H,25,28)(H,26,29). The molecular weight excluding hydrogens is 378 g/mol. The SMILES string of the molecule is CC(C)C(=O)N1CCCc2cc(NC(=O)C(=O)NCCCc3ccccc3)ccc21. The Hall–Kier alpha value is -3.15. The fourth-order valence-corrected chi connectivity index (χ4v) is 3.62. The Labute approximate surface area is 177 Å². The number of benzene rings is 2. The first-order valence-electron chi connectivity index (χ1n) is 10.5. The zero-order valence-electron chi connectivity index (χ0n) is 17.6. The van der Waals surface area contributed by atoms with Crippen LogP contribution in [0.25, 0.3) is 0 Å². The van der Waals surface area contributed by atoms with Gasteiger partial charge in [-0.1, -0.05) is 44.2 Å². The minimum atomic E-state index is -0.680. The van der Waals surface area contributed by atoms with Crippen molar-refractivity contribution in [3.8, 4) is 0 Å². The van der Waals surface area contributed by atoms with Crippen molar-refractivity contribution in [2.24, 2.45) is 5.92 Å². The number of fused-ring (bicyclic) bond motifs is 1. The zero-order valence-corrected chi connectivity index (χ0v) is 17.6. The van der Waals surface area contributed by atoms with Crippen LogP contribution in [0.4, 0.5) is 11.4 Å². The first-order valence-corrected chi connectivity index (χ1v) is 10.5. The van der Waals surface area contributed by atoms with Crippen LogP contribution in [-0.2, 0) is 27.2 Å². The summed E-state index contributed by atoms with van der Waals surface area (Å²) in [5, 5.41) is 5.33. The lowest BCUT2D eigenvalue weighted by molar-refractivity contribution is -0.136. The van der Waals surface area contributed by atoms with Crippen molar-refractivity contribution in [1.29, 1.82) is 0 Å². The first kappa shape index (κ1) is 21.6. The van der Waals surface area contributed by atoms with E-state index in [-0.39, 0.29) is 11.8 Å². The number of nitrogens with zero attached hydrogens (tertiary/aromatic N) is 1. The third-order valence-electron chi connectivity index (χ3n) is 5.19. The Morgan fingerprint density at radius 1 is 1.03 bits per heavy atom. The number of rotatable bonds is 6. The Bertz CT molecular complexity index is 909. The zero-order chi connectivity index (χ0) is 21.5. The summed E-state index contributed by atoms with van der Waals surface area (Å²) >= 11 is 0. The van der Waals surface area contributed by atoms with Crippen LogP contribution in [-0.4, -0.2) is 30.8 Å². The van der Waals surface area contributed by atoms with E-state index >= 15 is 0 Å². The van der Waals surface area contributed by atoms with Gasteiger partial charge in [0.05, 0.1) is 0 Å². The topological polar surface area (TPSA) is 78.5 Å². The highest BCUT2D eigenvalue weighted by atomic mass is 16.2. The van der Waals surface area contributed by atoms with E-state index in [1.54, 1.807) is 6.07 Å². The van der Waals surface area contributed by atoms with E-state index in [1.165, 1.54) is 5.56 Å². The lowest BCUT2D eigenvalue weighted by Crippen LogP contribution is -2.38. The van der Waals surface area contributed by atoms with Crippen LogP contribution < -0.4 is 15.5 Å². The van der Waals surface area contributed by atoms with Crippen molar-refractivity contribution in [3.05, 3.63) is 59.7 Å². The first-order chi connectivity index (χ1) is 14.5. The van der Waals surface area contributed by atoms with Gasteiger partial charge in [-0.3, -0.25) is 14.4 Å². The molecule has 0 saturated carbocycles. The van der Waals surface area contributed by atoms with Gasteiger partial charge in [0, 0.05) is 30.4 Å². The number of amides is 3. The molecule has 0 bridgehead atoms. The highest BCUT2D eigenvalue weighted by Gasteiger charge is 2.24. The lowest BCUT2D eigenvalue weighted by Gasteiger charge is -2.31. The average molecular weight is 408 g/mol. The van der Waals surface area contributed by atoms with Gasteiger partial charge in [0.25, 0.3) is 0 Å². The molecule has 158 valence electrons. The molecule has 0 radical (unpaired) electrons. The van der Waals surface area contributed by atoms with Crippen molar-refractivity contribution >= 4 is 29.1 Å². The molecule has 1 heterocycles. The molecule has 1 aliphatic heterocycles.